The van der Waals surface area contributed by atoms with Crippen LogP contribution < -0.4 is 10.1 Å². The largest absolute Gasteiger partial charge is 0.504 e. The highest BCUT2D eigenvalue weighted by molar-refractivity contribution is 6.33. The molecule has 2 aromatic rings. The van der Waals surface area contributed by atoms with E-state index in [1.807, 2.05) is 0 Å². The third-order valence-electron chi connectivity index (χ3n) is 2.70. The topological polar surface area (TPSA) is 61.7 Å². The minimum Gasteiger partial charge on any atom is -0.504 e. The van der Waals surface area contributed by atoms with Crippen LogP contribution in [0.4, 0.5) is 5.69 Å². The van der Waals surface area contributed by atoms with Gasteiger partial charge in [0.25, 0.3) is 0 Å². The Balaban J connectivity index is 2.11. The molecule has 4 nitrogen and oxygen atoms in total. The van der Waals surface area contributed by atoms with E-state index in [-0.39, 0.29) is 11.5 Å². The summed E-state index contributed by atoms with van der Waals surface area (Å²) in [5.74, 6) is 0.430. The monoisotopic (exact) mass is 279 g/mol. The van der Waals surface area contributed by atoms with Gasteiger partial charge in [0.05, 0.1) is 17.8 Å². The van der Waals surface area contributed by atoms with E-state index < -0.39 is 0 Å². The molecule has 100 valence electrons. The Kier molecular flexibility index (Phi) is 4.02. The van der Waals surface area contributed by atoms with Crippen molar-refractivity contribution < 1.29 is 14.9 Å². The van der Waals surface area contributed by atoms with Crippen LogP contribution in [-0.4, -0.2) is 17.3 Å². The van der Waals surface area contributed by atoms with Crippen LogP contribution in [0.5, 0.6) is 17.2 Å². The number of aromatic hydroxyl groups is 2. The van der Waals surface area contributed by atoms with E-state index in [4.69, 9.17) is 16.3 Å². The maximum absolute atomic E-state index is 9.41. The lowest BCUT2D eigenvalue weighted by Crippen LogP contribution is -2.00. The number of methoxy groups -OCH3 is 1. The number of hydrogen-bond donors (Lipinski definition) is 3. The van der Waals surface area contributed by atoms with Crippen molar-refractivity contribution in [2.45, 2.75) is 6.54 Å². The number of rotatable bonds is 4. The first-order valence-corrected chi connectivity index (χ1v) is 6.06. The first-order valence-electron chi connectivity index (χ1n) is 5.68. The summed E-state index contributed by atoms with van der Waals surface area (Å²) in [4.78, 5) is 0. The van der Waals surface area contributed by atoms with Crippen molar-refractivity contribution in [3.63, 3.8) is 0 Å². The molecular formula is C14H14ClNO3. The molecule has 0 heterocycles. The molecule has 19 heavy (non-hydrogen) atoms. The van der Waals surface area contributed by atoms with Crippen molar-refractivity contribution in [2.75, 3.05) is 12.4 Å². The second-order valence-electron chi connectivity index (χ2n) is 4.02. The molecule has 0 aliphatic carbocycles. The second-order valence-corrected chi connectivity index (χ2v) is 4.43. The Morgan fingerprint density at radius 1 is 1.11 bits per heavy atom. The van der Waals surface area contributed by atoms with Gasteiger partial charge in [-0.2, -0.15) is 0 Å². The fourth-order valence-electron chi connectivity index (χ4n) is 1.64. The molecular weight excluding hydrogens is 266 g/mol. The Bertz CT molecular complexity index is 587. The molecule has 5 heteroatoms. The molecule has 0 unspecified atom stereocenters. The summed E-state index contributed by atoms with van der Waals surface area (Å²) < 4.78 is 5.13. The average Bonchev–Trinajstić information content (AvgIpc) is 2.41. The highest BCUT2D eigenvalue weighted by Crippen LogP contribution is 2.28. The summed E-state index contributed by atoms with van der Waals surface area (Å²) in [6.07, 6.45) is 0. The number of phenols is 2. The van der Waals surface area contributed by atoms with Gasteiger partial charge >= 0.3 is 0 Å². The molecule has 3 N–H and O–H groups in total. The van der Waals surface area contributed by atoms with Gasteiger partial charge in [-0.15, -0.1) is 0 Å². The van der Waals surface area contributed by atoms with Crippen LogP contribution in [-0.2, 0) is 6.54 Å². The molecule has 0 aliphatic rings. The lowest BCUT2D eigenvalue weighted by Gasteiger charge is -2.10. The zero-order chi connectivity index (χ0) is 13.8. The minimum atomic E-state index is -0.143. The van der Waals surface area contributed by atoms with Gasteiger partial charge in [-0.25, -0.2) is 0 Å². The predicted molar refractivity (Wildman–Crippen MR) is 75.1 cm³/mol. The molecule has 0 fully saturated rings. The third-order valence-corrected chi connectivity index (χ3v) is 3.03. The summed E-state index contributed by atoms with van der Waals surface area (Å²) in [5.41, 5.74) is 1.57. The normalized spacial score (nSPS) is 10.2. The zero-order valence-electron chi connectivity index (χ0n) is 10.4. The zero-order valence-corrected chi connectivity index (χ0v) is 11.1. The van der Waals surface area contributed by atoms with Crippen molar-refractivity contribution in [1.82, 2.24) is 0 Å². The highest BCUT2D eigenvalue weighted by Gasteiger charge is 2.04. The van der Waals surface area contributed by atoms with Gasteiger partial charge in [-0.05, 0) is 29.8 Å². The van der Waals surface area contributed by atoms with Gasteiger partial charge < -0.3 is 20.3 Å². The number of nitrogens with one attached hydrogen (secondary N) is 1. The number of ether oxygens (including phenoxy) is 1. The average molecular weight is 280 g/mol. The van der Waals surface area contributed by atoms with Crippen LogP contribution in [0.25, 0.3) is 0 Å². The molecule has 0 aromatic heterocycles. The van der Waals surface area contributed by atoms with E-state index in [1.165, 1.54) is 12.1 Å². The summed E-state index contributed by atoms with van der Waals surface area (Å²) in [7, 11) is 1.59. The Labute approximate surface area is 116 Å². The number of halogens is 1. The molecule has 0 saturated carbocycles. The Morgan fingerprint density at radius 2 is 1.89 bits per heavy atom. The summed E-state index contributed by atoms with van der Waals surface area (Å²) in [5, 5.41) is 22.4. The molecule has 0 saturated heterocycles. The standard InChI is InChI=1S/C14H14ClNO3/c1-19-10-3-4-11(15)12(7-10)16-8-9-2-5-13(17)14(18)6-9/h2-7,16-18H,8H2,1H3. The smallest absolute Gasteiger partial charge is 0.157 e. The first kappa shape index (κ1) is 13.4. The number of hydrogen-bond acceptors (Lipinski definition) is 4. The van der Waals surface area contributed by atoms with Gasteiger partial charge in [0.15, 0.2) is 11.5 Å². The summed E-state index contributed by atoms with van der Waals surface area (Å²) in [6.45, 7) is 0.473. The van der Waals surface area contributed by atoms with Crippen LogP contribution in [0.3, 0.4) is 0 Å². The maximum Gasteiger partial charge on any atom is 0.157 e. The molecule has 0 spiro atoms. The molecule has 0 radical (unpaired) electrons. The second kappa shape index (κ2) is 5.71. The van der Waals surface area contributed by atoms with Gasteiger partial charge in [-0.1, -0.05) is 17.7 Å². The van der Waals surface area contributed by atoms with E-state index in [1.54, 1.807) is 31.4 Å². The van der Waals surface area contributed by atoms with E-state index in [0.29, 0.717) is 17.3 Å². The number of benzene rings is 2. The fraction of sp³-hybridized carbons (Fsp3) is 0.143. The highest BCUT2D eigenvalue weighted by atomic mass is 35.5. The third kappa shape index (κ3) is 3.23. The van der Waals surface area contributed by atoms with Crippen LogP contribution in [0, 0.1) is 0 Å². The fourth-order valence-corrected chi connectivity index (χ4v) is 1.83. The molecule has 0 aliphatic heterocycles. The van der Waals surface area contributed by atoms with Crippen LogP contribution in [0.15, 0.2) is 36.4 Å². The maximum atomic E-state index is 9.41. The summed E-state index contributed by atoms with van der Waals surface area (Å²) in [6, 6.07) is 9.98. The number of phenolic OH excluding ortho intramolecular Hbond substituents is 2. The van der Waals surface area contributed by atoms with Crippen molar-refractivity contribution in [3.05, 3.63) is 47.0 Å². The van der Waals surface area contributed by atoms with Gasteiger partial charge in [0.1, 0.15) is 5.75 Å². The van der Waals surface area contributed by atoms with Crippen molar-refractivity contribution >= 4 is 17.3 Å². The quantitative estimate of drug-likeness (QED) is 0.751. The summed E-state index contributed by atoms with van der Waals surface area (Å²) >= 11 is 6.07. The van der Waals surface area contributed by atoms with Crippen LogP contribution >= 0.6 is 11.6 Å². The lowest BCUT2D eigenvalue weighted by molar-refractivity contribution is 0.403. The van der Waals surface area contributed by atoms with Gasteiger partial charge in [0, 0.05) is 12.6 Å². The SMILES string of the molecule is COc1ccc(Cl)c(NCc2ccc(O)c(O)c2)c1. The molecule has 0 bridgehead atoms. The minimum absolute atomic E-state index is 0.136. The van der Waals surface area contributed by atoms with Gasteiger partial charge in [-0.3, -0.25) is 0 Å². The van der Waals surface area contributed by atoms with Gasteiger partial charge in [0.2, 0.25) is 0 Å². The number of anilines is 1. The first-order chi connectivity index (χ1) is 9.10. The van der Waals surface area contributed by atoms with E-state index >= 15 is 0 Å². The van der Waals surface area contributed by atoms with E-state index in [2.05, 4.69) is 5.32 Å². The Hall–Kier alpha value is -2.07. The Morgan fingerprint density at radius 3 is 2.58 bits per heavy atom. The van der Waals surface area contributed by atoms with Crippen molar-refractivity contribution in [1.29, 1.82) is 0 Å². The van der Waals surface area contributed by atoms with Crippen LogP contribution in [0.1, 0.15) is 5.56 Å². The molecule has 0 atom stereocenters. The predicted octanol–water partition coefficient (Wildman–Crippen LogP) is 3.37. The molecule has 2 aromatic carbocycles. The molecule has 2 rings (SSSR count). The lowest BCUT2D eigenvalue weighted by atomic mass is 10.2. The van der Waals surface area contributed by atoms with E-state index in [0.717, 1.165) is 11.3 Å². The van der Waals surface area contributed by atoms with Crippen LogP contribution in [0.2, 0.25) is 5.02 Å². The molecule has 0 amide bonds. The van der Waals surface area contributed by atoms with Crippen molar-refractivity contribution in [3.8, 4) is 17.2 Å². The van der Waals surface area contributed by atoms with E-state index in [9.17, 15) is 10.2 Å². The van der Waals surface area contributed by atoms with Crippen molar-refractivity contribution in [2.24, 2.45) is 0 Å².